The average molecular weight is 410 g/mol. The lowest BCUT2D eigenvalue weighted by atomic mass is 10.1. The average Bonchev–Trinajstić information content (AvgIpc) is 3.16. The highest BCUT2D eigenvalue weighted by Crippen LogP contribution is 2.33. The van der Waals surface area contributed by atoms with Crippen LogP contribution in [0.5, 0.6) is 0 Å². The van der Waals surface area contributed by atoms with Gasteiger partial charge in [-0.05, 0) is 38.5 Å². The first-order chi connectivity index (χ1) is 14.4. The zero-order valence-corrected chi connectivity index (χ0v) is 17.9. The van der Waals surface area contributed by atoms with Gasteiger partial charge in [-0.15, -0.1) is 0 Å². The third kappa shape index (κ3) is 4.70. The van der Waals surface area contributed by atoms with Crippen LogP contribution in [0, 0.1) is 5.82 Å². The Morgan fingerprint density at radius 3 is 2.50 bits per heavy atom. The van der Waals surface area contributed by atoms with Crippen molar-refractivity contribution in [3.63, 3.8) is 0 Å². The van der Waals surface area contributed by atoms with E-state index in [-0.39, 0.29) is 11.9 Å². The second kappa shape index (κ2) is 9.57. The highest BCUT2D eigenvalue weighted by atomic mass is 19.1. The van der Waals surface area contributed by atoms with Gasteiger partial charge in [-0.3, -0.25) is 4.79 Å². The summed E-state index contributed by atoms with van der Waals surface area (Å²) in [5.41, 5.74) is 2.82. The number of benzene rings is 2. The van der Waals surface area contributed by atoms with Crippen molar-refractivity contribution in [2.75, 3.05) is 18.5 Å². The smallest absolute Gasteiger partial charge is 0.254 e. The third-order valence-electron chi connectivity index (χ3n) is 5.11. The second-order valence-electron chi connectivity index (χ2n) is 7.62. The molecule has 0 saturated carbocycles. The van der Waals surface area contributed by atoms with Crippen LogP contribution >= 0.6 is 0 Å². The number of rotatable bonds is 8. The Morgan fingerprint density at radius 2 is 1.87 bits per heavy atom. The van der Waals surface area contributed by atoms with Crippen LogP contribution in [0.1, 0.15) is 43.1 Å². The Morgan fingerprint density at radius 1 is 1.13 bits per heavy atom. The monoisotopic (exact) mass is 409 g/mol. The Hall–Kier alpha value is -3.15. The molecule has 2 aromatic carbocycles. The molecule has 0 bridgehead atoms. The highest BCUT2D eigenvalue weighted by molar-refractivity contribution is 5.94. The fraction of sp³-hybridized carbons (Fsp3) is 0.333. The van der Waals surface area contributed by atoms with Crippen molar-refractivity contribution in [3.05, 3.63) is 71.5 Å². The number of carbonyl (C=O) groups is 1. The predicted molar refractivity (Wildman–Crippen MR) is 117 cm³/mol. The minimum atomic E-state index is -0.424. The summed E-state index contributed by atoms with van der Waals surface area (Å²) >= 11 is 0. The van der Waals surface area contributed by atoms with Gasteiger partial charge in [0.25, 0.3) is 5.91 Å². The van der Waals surface area contributed by atoms with Crippen LogP contribution in [0.4, 0.5) is 10.3 Å². The molecule has 5 nitrogen and oxygen atoms in total. The molecular weight excluding hydrogens is 381 g/mol. The fourth-order valence-corrected chi connectivity index (χ4v) is 3.29. The van der Waals surface area contributed by atoms with Gasteiger partial charge in [0.1, 0.15) is 11.5 Å². The fourth-order valence-electron chi connectivity index (χ4n) is 3.29. The minimum Gasteiger partial charge on any atom is -0.341 e. The van der Waals surface area contributed by atoms with Crippen molar-refractivity contribution in [1.29, 1.82) is 0 Å². The van der Waals surface area contributed by atoms with Gasteiger partial charge in [0, 0.05) is 30.8 Å². The van der Waals surface area contributed by atoms with Gasteiger partial charge in [-0.1, -0.05) is 48.5 Å². The van der Waals surface area contributed by atoms with E-state index in [1.165, 1.54) is 12.1 Å². The maximum atomic E-state index is 13.7. The van der Waals surface area contributed by atoms with Crippen LogP contribution in [0.15, 0.2) is 59.1 Å². The van der Waals surface area contributed by atoms with E-state index < -0.39 is 5.82 Å². The molecule has 0 radical (unpaired) electrons. The second-order valence-corrected chi connectivity index (χ2v) is 7.62. The van der Waals surface area contributed by atoms with Crippen LogP contribution < -0.4 is 4.90 Å². The summed E-state index contributed by atoms with van der Waals surface area (Å²) < 4.78 is 19.4. The van der Waals surface area contributed by atoms with Crippen LogP contribution in [0.2, 0.25) is 0 Å². The molecule has 3 rings (SSSR count). The molecule has 0 atom stereocenters. The molecule has 1 amide bonds. The predicted octanol–water partition coefficient (Wildman–Crippen LogP) is 5.38. The first-order valence-electron chi connectivity index (χ1n) is 10.2. The van der Waals surface area contributed by atoms with Gasteiger partial charge in [0.2, 0.25) is 5.88 Å². The molecule has 1 aromatic heterocycles. The molecule has 1 heterocycles. The number of amides is 1. The van der Waals surface area contributed by atoms with E-state index in [2.05, 4.69) is 19.0 Å². The maximum absolute atomic E-state index is 13.7. The summed E-state index contributed by atoms with van der Waals surface area (Å²) in [6.45, 7) is 7.01. The van der Waals surface area contributed by atoms with Crippen molar-refractivity contribution >= 4 is 11.8 Å². The van der Waals surface area contributed by atoms with Crippen LogP contribution in [-0.4, -0.2) is 35.6 Å². The van der Waals surface area contributed by atoms with Gasteiger partial charge in [-0.25, -0.2) is 4.39 Å². The summed E-state index contributed by atoms with van der Waals surface area (Å²) in [7, 11) is 1.95. The first kappa shape index (κ1) is 21.6. The summed E-state index contributed by atoms with van der Waals surface area (Å²) in [5, 5.41) is 4.33. The lowest BCUT2D eigenvalue weighted by Gasteiger charge is -2.25. The molecule has 3 aromatic rings. The maximum Gasteiger partial charge on any atom is 0.254 e. The van der Waals surface area contributed by atoms with Crippen molar-refractivity contribution in [2.45, 2.75) is 39.8 Å². The Bertz CT molecular complexity index is 985. The molecule has 158 valence electrons. The van der Waals surface area contributed by atoms with Gasteiger partial charge in [0.05, 0.1) is 12.1 Å². The molecule has 0 saturated heterocycles. The van der Waals surface area contributed by atoms with Crippen LogP contribution in [0.3, 0.4) is 0 Å². The molecule has 30 heavy (non-hydrogen) atoms. The van der Waals surface area contributed by atoms with Crippen molar-refractivity contribution in [3.8, 4) is 11.3 Å². The van der Waals surface area contributed by atoms with Crippen LogP contribution in [-0.2, 0) is 6.54 Å². The van der Waals surface area contributed by atoms with Crippen molar-refractivity contribution < 1.29 is 13.7 Å². The van der Waals surface area contributed by atoms with E-state index >= 15 is 0 Å². The standard InChI is InChI=1S/C24H28FN3O2/c1-5-14-28(23(29)19-12-9-13-20(25)15-19)16-21-22(18-10-7-6-8-11-18)26-30-24(21)27(4)17(2)3/h6-13,15,17H,5,14,16H2,1-4H3. The largest absolute Gasteiger partial charge is 0.341 e. The van der Waals surface area contributed by atoms with E-state index in [0.29, 0.717) is 30.2 Å². The first-order valence-corrected chi connectivity index (χ1v) is 10.2. The van der Waals surface area contributed by atoms with Crippen LogP contribution in [0.25, 0.3) is 11.3 Å². The molecule has 0 aliphatic rings. The third-order valence-corrected chi connectivity index (χ3v) is 5.11. The molecule has 0 N–H and O–H groups in total. The summed E-state index contributed by atoms with van der Waals surface area (Å²) in [5.74, 6) is -0.000749. The van der Waals surface area contributed by atoms with Crippen molar-refractivity contribution in [1.82, 2.24) is 10.1 Å². The zero-order valence-electron chi connectivity index (χ0n) is 17.9. The van der Waals surface area contributed by atoms with Gasteiger partial charge >= 0.3 is 0 Å². The molecule has 0 unspecified atom stereocenters. The lowest BCUT2D eigenvalue weighted by Crippen LogP contribution is -2.33. The van der Waals surface area contributed by atoms with E-state index in [1.54, 1.807) is 17.0 Å². The van der Waals surface area contributed by atoms with E-state index in [1.807, 2.05) is 49.2 Å². The molecule has 0 spiro atoms. The topological polar surface area (TPSA) is 49.6 Å². The molecular formula is C24H28FN3O2. The Labute approximate surface area is 177 Å². The normalized spacial score (nSPS) is 11.0. The number of hydrogen-bond acceptors (Lipinski definition) is 4. The molecule has 0 aliphatic carbocycles. The highest BCUT2D eigenvalue weighted by Gasteiger charge is 2.26. The Balaban J connectivity index is 2.02. The molecule has 0 aliphatic heterocycles. The Kier molecular flexibility index (Phi) is 6.87. The van der Waals surface area contributed by atoms with E-state index in [9.17, 15) is 9.18 Å². The van der Waals surface area contributed by atoms with Gasteiger partial charge < -0.3 is 14.3 Å². The zero-order chi connectivity index (χ0) is 21.7. The number of carbonyl (C=O) groups excluding carboxylic acids is 1. The summed E-state index contributed by atoms with van der Waals surface area (Å²) in [6, 6.07) is 15.8. The van der Waals surface area contributed by atoms with Crippen molar-refractivity contribution in [2.24, 2.45) is 0 Å². The van der Waals surface area contributed by atoms with Gasteiger partial charge in [-0.2, -0.15) is 0 Å². The summed E-state index contributed by atoms with van der Waals surface area (Å²) in [6.07, 6.45) is 0.780. The number of nitrogens with zero attached hydrogens (tertiary/aromatic N) is 3. The number of anilines is 1. The quantitative estimate of drug-likeness (QED) is 0.501. The number of hydrogen-bond donors (Lipinski definition) is 0. The van der Waals surface area contributed by atoms with Gasteiger partial charge in [0.15, 0.2) is 0 Å². The van der Waals surface area contributed by atoms with E-state index in [0.717, 1.165) is 17.5 Å². The number of aromatic nitrogens is 1. The minimum absolute atomic E-state index is 0.193. The molecule has 0 fully saturated rings. The lowest BCUT2D eigenvalue weighted by molar-refractivity contribution is 0.0743. The molecule has 6 heteroatoms. The number of halogens is 1. The SMILES string of the molecule is CCCN(Cc1c(-c2ccccc2)noc1N(C)C(C)C)C(=O)c1cccc(F)c1. The summed E-state index contributed by atoms with van der Waals surface area (Å²) in [4.78, 5) is 16.9. The van der Waals surface area contributed by atoms with E-state index in [4.69, 9.17) is 4.52 Å².